The van der Waals surface area contributed by atoms with E-state index in [4.69, 9.17) is 0 Å². The lowest BCUT2D eigenvalue weighted by molar-refractivity contribution is 0.0953. The van der Waals surface area contributed by atoms with E-state index in [0.29, 0.717) is 24.2 Å². The molecule has 0 aliphatic carbocycles. The molecule has 6 nitrogen and oxygen atoms in total. The van der Waals surface area contributed by atoms with Gasteiger partial charge in [0.2, 0.25) is 0 Å². The zero-order valence-corrected chi connectivity index (χ0v) is 20.7. The molecule has 1 aromatic rings. The number of rotatable bonds is 8. The fourth-order valence-electron chi connectivity index (χ4n) is 3.39. The lowest BCUT2D eigenvalue weighted by Gasteiger charge is -2.35. The van der Waals surface area contributed by atoms with E-state index >= 15 is 0 Å². The lowest BCUT2D eigenvalue weighted by atomic mass is 10.0. The van der Waals surface area contributed by atoms with Crippen LogP contribution < -0.4 is 16.0 Å². The monoisotopic (exact) mass is 515 g/mol. The predicted octanol–water partition coefficient (Wildman–Crippen LogP) is 3.37. The van der Waals surface area contributed by atoms with Crippen LogP contribution in [0.25, 0.3) is 0 Å². The number of hydrogen-bond acceptors (Lipinski definition) is 3. The number of hydrogen-bond donors (Lipinski definition) is 3. The predicted molar refractivity (Wildman–Crippen MR) is 132 cm³/mol. The van der Waals surface area contributed by atoms with Crippen LogP contribution in [0.15, 0.2) is 29.3 Å². The summed E-state index contributed by atoms with van der Waals surface area (Å²) in [7, 11) is 1.81. The minimum absolute atomic E-state index is 0. The van der Waals surface area contributed by atoms with Crippen molar-refractivity contribution in [3.63, 3.8) is 0 Å². The van der Waals surface area contributed by atoms with Crippen molar-refractivity contribution in [2.45, 2.75) is 65.1 Å². The maximum Gasteiger partial charge on any atom is 0.251 e. The van der Waals surface area contributed by atoms with E-state index in [9.17, 15) is 4.79 Å². The maximum absolute atomic E-state index is 12.1. The largest absolute Gasteiger partial charge is 0.354 e. The first-order valence-electron chi connectivity index (χ1n) is 10.6. The number of nitrogens with zero attached hydrogens (tertiary/aromatic N) is 2. The number of piperidine rings is 1. The second kappa shape index (κ2) is 13.8. The Bertz CT molecular complexity index is 625. The van der Waals surface area contributed by atoms with Crippen molar-refractivity contribution in [1.29, 1.82) is 0 Å². The molecule has 0 saturated carbocycles. The van der Waals surface area contributed by atoms with E-state index < -0.39 is 0 Å². The molecular formula is C22H38IN5O. The number of likely N-dealkylation sites (tertiary alicyclic amines) is 1. The van der Waals surface area contributed by atoms with Gasteiger partial charge in [0.1, 0.15) is 0 Å². The van der Waals surface area contributed by atoms with Crippen molar-refractivity contribution in [3.8, 4) is 0 Å². The smallest absolute Gasteiger partial charge is 0.251 e. The maximum atomic E-state index is 12.1. The van der Waals surface area contributed by atoms with Crippen molar-refractivity contribution >= 4 is 35.8 Å². The van der Waals surface area contributed by atoms with Crippen LogP contribution in [0.1, 0.15) is 62.4 Å². The summed E-state index contributed by atoms with van der Waals surface area (Å²) in [5.74, 6) is 0.836. The Balaban J connectivity index is 0.00000420. The van der Waals surface area contributed by atoms with Gasteiger partial charge in [-0.05, 0) is 50.8 Å². The molecule has 0 spiro atoms. The number of unbranched alkanes of at least 4 members (excludes halogenated alkanes) is 1. The van der Waals surface area contributed by atoms with Gasteiger partial charge >= 0.3 is 0 Å². The van der Waals surface area contributed by atoms with Gasteiger partial charge in [-0.1, -0.05) is 25.5 Å². The quantitative estimate of drug-likeness (QED) is 0.215. The summed E-state index contributed by atoms with van der Waals surface area (Å²) >= 11 is 0. The van der Waals surface area contributed by atoms with Crippen LogP contribution in [0.3, 0.4) is 0 Å². The first kappa shape index (κ1) is 25.7. The lowest BCUT2D eigenvalue weighted by Crippen LogP contribution is -2.49. The highest BCUT2D eigenvalue weighted by Crippen LogP contribution is 2.13. The number of amides is 1. The molecule has 164 valence electrons. The molecular weight excluding hydrogens is 477 g/mol. The normalized spacial score (nSPS) is 15.7. The van der Waals surface area contributed by atoms with Crippen molar-refractivity contribution in [2.24, 2.45) is 4.99 Å². The number of aliphatic imine (C=N–C) groups is 1. The average molecular weight is 515 g/mol. The van der Waals surface area contributed by atoms with Crippen molar-refractivity contribution in [1.82, 2.24) is 20.9 Å². The van der Waals surface area contributed by atoms with E-state index in [1.807, 2.05) is 31.3 Å². The highest BCUT2D eigenvalue weighted by atomic mass is 127. The van der Waals surface area contributed by atoms with Crippen LogP contribution >= 0.6 is 24.0 Å². The molecule has 3 N–H and O–H groups in total. The summed E-state index contributed by atoms with van der Waals surface area (Å²) in [6, 6.07) is 8.85. The number of carbonyl (C=O) groups is 1. The zero-order valence-electron chi connectivity index (χ0n) is 18.3. The summed E-state index contributed by atoms with van der Waals surface area (Å²) < 4.78 is 0. The van der Waals surface area contributed by atoms with Gasteiger partial charge in [0, 0.05) is 50.9 Å². The minimum atomic E-state index is -0.00169. The number of halogens is 1. The third kappa shape index (κ3) is 8.90. The van der Waals surface area contributed by atoms with Gasteiger partial charge in [-0.2, -0.15) is 0 Å². The summed E-state index contributed by atoms with van der Waals surface area (Å²) in [5.41, 5.74) is 1.84. The van der Waals surface area contributed by atoms with Crippen molar-refractivity contribution in [2.75, 3.05) is 26.7 Å². The number of nitrogens with one attached hydrogen (secondary N) is 3. The molecule has 7 heteroatoms. The Labute approximate surface area is 193 Å². The topological polar surface area (TPSA) is 68.8 Å². The van der Waals surface area contributed by atoms with E-state index in [1.54, 1.807) is 0 Å². The van der Waals surface area contributed by atoms with Gasteiger partial charge in [0.05, 0.1) is 0 Å². The average Bonchev–Trinajstić information content (AvgIpc) is 2.72. The zero-order chi connectivity index (χ0) is 20.4. The van der Waals surface area contributed by atoms with Gasteiger partial charge in [-0.15, -0.1) is 24.0 Å². The standard InChI is InChI=1S/C22H37N5O.HI/c1-5-6-13-24-21(28)19-9-7-18(8-10-19)16-25-22(23-4)26-20-11-14-27(15-12-20)17(2)3;/h7-10,17,20H,5-6,11-16H2,1-4H3,(H,24,28)(H2,23,25,26);1H. The Morgan fingerprint density at radius 1 is 1.17 bits per heavy atom. The molecule has 0 radical (unpaired) electrons. The van der Waals surface area contributed by atoms with Gasteiger partial charge in [-0.25, -0.2) is 0 Å². The Morgan fingerprint density at radius 2 is 1.83 bits per heavy atom. The van der Waals surface area contributed by atoms with Crippen LogP contribution in [0.2, 0.25) is 0 Å². The fraction of sp³-hybridized carbons (Fsp3) is 0.636. The van der Waals surface area contributed by atoms with E-state index in [1.165, 1.54) is 0 Å². The van der Waals surface area contributed by atoms with Crippen molar-refractivity contribution < 1.29 is 4.79 Å². The highest BCUT2D eigenvalue weighted by molar-refractivity contribution is 14.0. The molecule has 1 saturated heterocycles. The molecule has 1 aromatic carbocycles. The number of carbonyl (C=O) groups excluding carboxylic acids is 1. The summed E-state index contributed by atoms with van der Waals surface area (Å²) in [4.78, 5) is 18.9. The van der Waals surface area contributed by atoms with Gasteiger partial charge in [0.25, 0.3) is 5.91 Å². The molecule has 29 heavy (non-hydrogen) atoms. The third-order valence-corrected chi connectivity index (χ3v) is 5.32. The summed E-state index contributed by atoms with van der Waals surface area (Å²) in [5, 5.41) is 9.87. The van der Waals surface area contributed by atoms with E-state index in [0.717, 1.165) is 56.8 Å². The molecule has 1 heterocycles. The summed E-state index contributed by atoms with van der Waals surface area (Å²) in [6.07, 6.45) is 4.37. The minimum Gasteiger partial charge on any atom is -0.354 e. The van der Waals surface area contributed by atoms with Crippen LogP contribution in [-0.4, -0.2) is 55.5 Å². The Morgan fingerprint density at radius 3 is 2.38 bits per heavy atom. The van der Waals surface area contributed by atoms with E-state index in [-0.39, 0.29) is 29.9 Å². The van der Waals surface area contributed by atoms with Crippen LogP contribution in [0, 0.1) is 0 Å². The molecule has 1 aliphatic rings. The van der Waals surface area contributed by atoms with Gasteiger partial charge in [0.15, 0.2) is 5.96 Å². The molecule has 1 fully saturated rings. The first-order chi connectivity index (χ1) is 13.5. The molecule has 0 atom stereocenters. The van der Waals surface area contributed by atoms with Crippen LogP contribution in [-0.2, 0) is 6.54 Å². The summed E-state index contributed by atoms with van der Waals surface area (Å²) in [6.45, 7) is 10.3. The molecule has 2 rings (SSSR count). The van der Waals surface area contributed by atoms with Crippen LogP contribution in [0.5, 0.6) is 0 Å². The van der Waals surface area contributed by atoms with Gasteiger partial charge in [-0.3, -0.25) is 9.79 Å². The Hall–Kier alpha value is -1.35. The van der Waals surface area contributed by atoms with E-state index in [2.05, 4.69) is 46.6 Å². The molecule has 0 bridgehead atoms. The third-order valence-electron chi connectivity index (χ3n) is 5.32. The van der Waals surface area contributed by atoms with Crippen molar-refractivity contribution in [3.05, 3.63) is 35.4 Å². The second-order valence-electron chi connectivity index (χ2n) is 7.78. The molecule has 0 unspecified atom stereocenters. The number of guanidine groups is 1. The highest BCUT2D eigenvalue weighted by Gasteiger charge is 2.21. The SMILES string of the molecule is CCCCNC(=O)c1ccc(CNC(=NC)NC2CCN(C(C)C)CC2)cc1.I. The Kier molecular flexibility index (Phi) is 12.2. The second-order valence-corrected chi connectivity index (χ2v) is 7.78. The van der Waals surface area contributed by atoms with Gasteiger partial charge < -0.3 is 20.9 Å². The van der Waals surface area contributed by atoms with Crippen LogP contribution in [0.4, 0.5) is 0 Å². The number of benzene rings is 1. The first-order valence-corrected chi connectivity index (χ1v) is 10.6. The molecule has 1 amide bonds. The molecule has 0 aromatic heterocycles. The fourth-order valence-corrected chi connectivity index (χ4v) is 3.39. The molecule has 1 aliphatic heterocycles.